The molecule has 4 heterocycles. The van der Waals surface area contributed by atoms with E-state index < -0.39 is 0 Å². The molecule has 0 aliphatic carbocycles. The maximum absolute atomic E-state index is 10.6. The molecule has 0 spiro atoms. The molecule has 3 aliphatic rings. The Morgan fingerprint density at radius 3 is 2.73 bits per heavy atom. The van der Waals surface area contributed by atoms with Crippen LogP contribution in [0.1, 0.15) is 21.5 Å². The Labute approximate surface area is 92.5 Å². The highest BCUT2D eigenvalue weighted by atomic mass is 32.1. The van der Waals surface area contributed by atoms with Gasteiger partial charge in [0.15, 0.2) is 6.29 Å². The number of aromatic nitrogens is 1. The van der Waals surface area contributed by atoms with Gasteiger partial charge in [-0.15, -0.1) is 11.3 Å². The lowest BCUT2D eigenvalue weighted by Gasteiger charge is -2.46. The highest BCUT2D eigenvalue weighted by Crippen LogP contribution is 2.30. The van der Waals surface area contributed by atoms with Crippen LogP contribution < -0.4 is 0 Å². The molecule has 80 valence electrons. The predicted octanol–water partition coefficient (Wildman–Crippen LogP) is 0.628. The fourth-order valence-electron chi connectivity index (χ4n) is 2.36. The molecule has 0 N–H and O–H groups in total. The van der Waals surface area contributed by atoms with Crippen molar-refractivity contribution < 1.29 is 4.79 Å². The SMILES string of the molecule is O=Cc1csc(C2CN3CCN2CC3)n1. The number of piperazine rings is 3. The van der Waals surface area contributed by atoms with Gasteiger partial charge in [-0.3, -0.25) is 14.6 Å². The molecule has 1 unspecified atom stereocenters. The number of fused-ring (bicyclic) bond motifs is 3. The van der Waals surface area contributed by atoms with Crippen LogP contribution in [0.15, 0.2) is 5.38 Å². The highest BCUT2D eigenvalue weighted by molar-refractivity contribution is 7.09. The Balaban J connectivity index is 1.84. The molecule has 1 aromatic rings. The quantitative estimate of drug-likeness (QED) is 0.689. The van der Waals surface area contributed by atoms with Gasteiger partial charge in [-0.05, 0) is 0 Å². The van der Waals surface area contributed by atoms with E-state index in [4.69, 9.17) is 0 Å². The van der Waals surface area contributed by atoms with Crippen molar-refractivity contribution in [2.45, 2.75) is 6.04 Å². The average molecular weight is 223 g/mol. The molecule has 1 atom stereocenters. The number of rotatable bonds is 2. The number of aldehydes is 1. The molecule has 3 aliphatic heterocycles. The third-order valence-corrected chi connectivity index (χ3v) is 4.19. The van der Waals surface area contributed by atoms with E-state index in [0.29, 0.717) is 11.7 Å². The number of nitrogens with zero attached hydrogens (tertiary/aromatic N) is 3. The maximum Gasteiger partial charge on any atom is 0.169 e. The molecule has 1 aromatic heterocycles. The molecule has 4 nitrogen and oxygen atoms in total. The minimum absolute atomic E-state index is 0.422. The van der Waals surface area contributed by atoms with E-state index in [1.54, 1.807) is 11.3 Å². The van der Waals surface area contributed by atoms with Crippen molar-refractivity contribution in [1.82, 2.24) is 14.8 Å². The van der Waals surface area contributed by atoms with Crippen LogP contribution in [0.3, 0.4) is 0 Å². The normalized spacial score (nSPS) is 34.3. The predicted molar refractivity (Wildman–Crippen MR) is 58.3 cm³/mol. The van der Waals surface area contributed by atoms with Gasteiger partial charge in [0.05, 0.1) is 6.04 Å². The van der Waals surface area contributed by atoms with E-state index in [-0.39, 0.29) is 0 Å². The van der Waals surface area contributed by atoms with Crippen LogP contribution >= 0.6 is 11.3 Å². The lowest BCUT2D eigenvalue weighted by atomic mass is 10.1. The zero-order valence-corrected chi connectivity index (χ0v) is 9.24. The van der Waals surface area contributed by atoms with Crippen LogP contribution in [0.25, 0.3) is 0 Å². The first-order valence-corrected chi connectivity index (χ1v) is 6.12. The Hall–Kier alpha value is -0.780. The molecule has 5 heteroatoms. The van der Waals surface area contributed by atoms with Crippen molar-refractivity contribution >= 4 is 17.6 Å². The molecule has 15 heavy (non-hydrogen) atoms. The van der Waals surface area contributed by atoms with Crippen LogP contribution in [-0.2, 0) is 0 Å². The molecule has 0 aromatic carbocycles. The van der Waals surface area contributed by atoms with Gasteiger partial charge in [-0.2, -0.15) is 0 Å². The summed E-state index contributed by atoms with van der Waals surface area (Å²) in [4.78, 5) is 19.9. The second-order valence-corrected chi connectivity index (χ2v) is 4.97. The summed E-state index contributed by atoms with van der Waals surface area (Å²) in [6.45, 7) is 5.72. The minimum atomic E-state index is 0.422. The monoisotopic (exact) mass is 223 g/mol. The van der Waals surface area contributed by atoms with E-state index in [0.717, 1.165) is 30.9 Å². The number of hydrogen-bond acceptors (Lipinski definition) is 5. The van der Waals surface area contributed by atoms with Crippen molar-refractivity contribution in [3.63, 3.8) is 0 Å². The van der Waals surface area contributed by atoms with Crippen molar-refractivity contribution in [3.8, 4) is 0 Å². The summed E-state index contributed by atoms with van der Waals surface area (Å²) in [5.41, 5.74) is 0.577. The standard InChI is InChI=1S/C10H13N3OS/c14-6-8-7-15-10(11-8)9-5-12-1-3-13(9)4-2-12/h6-7,9H,1-5H2. The van der Waals surface area contributed by atoms with Crippen LogP contribution in [-0.4, -0.2) is 53.8 Å². The van der Waals surface area contributed by atoms with Gasteiger partial charge < -0.3 is 0 Å². The molecule has 0 radical (unpaired) electrons. The zero-order chi connectivity index (χ0) is 10.3. The molecule has 3 fully saturated rings. The van der Waals surface area contributed by atoms with Gasteiger partial charge in [0.2, 0.25) is 0 Å². The lowest BCUT2D eigenvalue weighted by molar-refractivity contribution is 0.0122. The van der Waals surface area contributed by atoms with Crippen molar-refractivity contribution in [1.29, 1.82) is 0 Å². The van der Waals surface area contributed by atoms with Crippen LogP contribution in [0.2, 0.25) is 0 Å². The molecular formula is C10H13N3OS. The van der Waals surface area contributed by atoms with Crippen LogP contribution in [0.5, 0.6) is 0 Å². The molecule has 2 bridgehead atoms. The summed E-state index contributed by atoms with van der Waals surface area (Å²) in [7, 11) is 0. The zero-order valence-electron chi connectivity index (χ0n) is 8.43. The van der Waals surface area contributed by atoms with Gasteiger partial charge >= 0.3 is 0 Å². The lowest BCUT2D eigenvalue weighted by Crippen LogP contribution is -2.56. The topological polar surface area (TPSA) is 36.4 Å². The first-order chi connectivity index (χ1) is 7.36. The van der Waals surface area contributed by atoms with Gasteiger partial charge in [0.1, 0.15) is 10.7 Å². The smallest absolute Gasteiger partial charge is 0.169 e. The third-order valence-electron chi connectivity index (χ3n) is 3.22. The summed E-state index contributed by atoms with van der Waals surface area (Å²) in [6, 6.07) is 0.422. The van der Waals surface area contributed by atoms with E-state index in [2.05, 4.69) is 14.8 Å². The number of hydrogen-bond donors (Lipinski definition) is 0. The fraction of sp³-hybridized carbons (Fsp3) is 0.600. The maximum atomic E-state index is 10.6. The number of thiazole rings is 1. The third kappa shape index (κ3) is 1.60. The van der Waals surface area contributed by atoms with E-state index in [1.807, 2.05) is 5.38 Å². The summed E-state index contributed by atoms with van der Waals surface area (Å²) in [5, 5.41) is 2.95. The minimum Gasteiger partial charge on any atom is -0.299 e. The van der Waals surface area contributed by atoms with Crippen molar-refractivity contribution in [2.75, 3.05) is 32.7 Å². The van der Waals surface area contributed by atoms with Gasteiger partial charge in [-0.1, -0.05) is 0 Å². The van der Waals surface area contributed by atoms with Gasteiger partial charge in [-0.25, -0.2) is 4.98 Å². The molecule has 4 rings (SSSR count). The second-order valence-electron chi connectivity index (χ2n) is 4.08. The average Bonchev–Trinajstić information content (AvgIpc) is 2.79. The fourth-order valence-corrected chi connectivity index (χ4v) is 3.25. The van der Waals surface area contributed by atoms with Crippen molar-refractivity contribution in [2.24, 2.45) is 0 Å². The highest BCUT2D eigenvalue weighted by Gasteiger charge is 2.34. The Morgan fingerprint density at radius 1 is 1.40 bits per heavy atom. The summed E-state index contributed by atoms with van der Waals surface area (Å²) in [5.74, 6) is 0. The largest absolute Gasteiger partial charge is 0.299 e. The van der Waals surface area contributed by atoms with Gasteiger partial charge in [0.25, 0.3) is 0 Å². The molecule has 3 saturated heterocycles. The van der Waals surface area contributed by atoms with Crippen LogP contribution in [0, 0.1) is 0 Å². The Kier molecular flexibility index (Phi) is 2.31. The van der Waals surface area contributed by atoms with E-state index in [9.17, 15) is 4.79 Å². The summed E-state index contributed by atoms with van der Waals surface area (Å²) < 4.78 is 0. The molecular weight excluding hydrogens is 210 g/mol. The number of carbonyl (C=O) groups is 1. The van der Waals surface area contributed by atoms with E-state index >= 15 is 0 Å². The molecule has 0 amide bonds. The van der Waals surface area contributed by atoms with E-state index in [1.165, 1.54) is 13.1 Å². The first-order valence-electron chi connectivity index (χ1n) is 5.24. The first kappa shape index (κ1) is 9.45. The van der Waals surface area contributed by atoms with Crippen molar-refractivity contribution in [3.05, 3.63) is 16.1 Å². The second kappa shape index (κ2) is 3.66. The number of carbonyl (C=O) groups excluding carboxylic acids is 1. The summed E-state index contributed by atoms with van der Waals surface area (Å²) in [6.07, 6.45) is 0.830. The molecule has 0 saturated carbocycles. The summed E-state index contributed by atoms with van der Waals surface area (Å²) >= 11 is 1.61. The van der Waals surface area contributed by atoms with Gasteiger partial charge in [0, 0.05) is 38.1 Å². The van der Waals surface area contributed by atoms with Crippen LogP contribution in [0.4, 0.5) is 0 Å². The Morgan fingerprint density at radius 2 is 2.20 bits per heavy atom. The Bertz CT molecular complexity index is 370.